The van der Waals surface area contributed by atoms with E-state index in [1.165, 1.54) is 6.07 Å². The van der Waals surface area contributed by atoms with Crippen molar-refractivity contribution in [2.24, 2.45) is 5.73 Å². The summed E-state index contributed by atoms with van der Waals surface area (Å²) in [6, 6.07) is 10.2. The number of carboxylic acids is 1. The first-order chi connectivity index (χ1) is 10.8. The molecule has 124 valence electrons. The third-order valence-electron chi connectivity index (χ3n) is 3.73. The Morgan fingerprint density at radius 3 is 2.35 bits per heavy atom. The molecule has 1 atom stereocenters. The summed E-state index contributed by atoms with van der Waals surface area (Å²) >= 11 is 0. The minimum Gasteiger partial charge on any atom is -0.480 e. The third-order valence-corrected chi connectivity index (χ3v) is 5.88. The van der Waals surface area contributed by atoms with Crippen molar-refractivity contribution in [3.63, 3.8) is 0 Å². The summed E-state index contributed by atoms with van der Waals surface area (Å²) in [7, 11) is -0.299. The summed E-state index contributed by atoms with van der Waals surface area (Å²) in [5.41, 5.74) is 6.25. The van der Waals surface area contributed by atoms with E-state index >= 15 is 0 Å². The van der Waals surface area contributed by atoms with E-state index in [9.17, 15) is 18.3 Å². The van der Waals surface area contributed by atoms with Crippen LogP contribution >= 0.6 is 0 Å². The van der Waals surface area contributed by atoms with Crippen LogP contribution in [0.2, 0.25) is 0 Å². The number of hydrogen-bond donors (Lipinski definition) is 2. The first-order valence-electron chi connectivity index (χ1n) is 7.16. The predicted octanol–water partition coefficient (Wildman–Crippen LogP) is 1.48. The van der Waals surface area contributed by atoms with E-state index in [-0.39, 0.29) is 17.9 Å². The van der Waals surface area contributed by atoms with Crippen LogP contribution in [0.3, 0.4) is 0 Å². The van der Waals surface area contributed by atoms with Gasteiger partial charge in [-0.15, -0.1) is 0 Å². The van der Waals surface area contributed by atoms with Crippen LogP contribution in [0.25, 0.3) is 10.8 Å². The lowest BCUT2D eigenvalue weighted by molar-refractivity contribution is -0.136. The molecule has 0 radical (unpaired) electrons. The summed E-state index contributed by atoms with van der Waals surface area (Å²) in [6.07, 6.45) is -0.124. The van der Waals surface area contributed by atoms with Gasteiger partial charge in [0.05, 0.1) is 4.90 Å². The SMILES string of the molecule is CN(C)c1cccc2c(S(=O)(=O)C(CCN)C(=O)O)cccc12. The van der Waals surface area contributed by atoms with Gasteiger partial charge in [0.25, 0.3) is 0 Å². The topological polar surface area (TPSA) is 101 Å². The van der Waals surface area contributed by atoms with E-state index in [0.717, 1.165) is 11.1 Å². The highest BCUT2D eigenvalue weighted by atomic mass is 32.2. The maximum Gasteiger partial charge on any atom is 0.322 e. The molecule has 1 unspecified atom stereocenters. The second kappa shape index (κ2) is 6.55. The zero-order chi connectivity index (χ0) is 17.2. The molecule has 6 nitrogen and oxygen atoms in total. The highest BCUT2D eigenvalue weighted by molar-refractivity contribution is 7.93. The van der Waals surface area contributed by atoms with E-state index in [2.05, 4.69) is 0 Å². The van der Waals surface area contributed by atoms with Gasteiger partial charge in [-0.05, 0) is 25.1 Å². The molecule has 0 aromatic heterocycles. The fraction of sp³-hybridized carbons (Fsp3) is 0.312. The molecule has 0 spiro atoms. The van der Waals surface area contributed by atoms with Gasteiger partial charge >= 0.3 is 5.97 Å². The number of fused-ring (bicyclic) bond motifs is 1. The van der Waals surface area contributed by atoms with Gasteiger partial charge in [0, 0.05) is 30.6 Å². The molecule has 2 aromatic carbocycles. The molecule has 0 fully saturated rings. The van der Waals surface area contributed by atoms with E-state index in [4.69, 9.17) is 5.73 Å². The number of carboxylic acid groups (broad SMARTS) is 1. The summed E-state index contributed by atoms with van der Waals surface area (Å²) < 4.78 is 25.6. The summed E-state index contributed by atoms with van der Waals surface area (Å²) in [5.74, 6) is -1.38. The Bertz CT molecular complexity index is 831. The van der Waals surface area contributed by atoms with Gasteiger partial charge in [0.1, 0.15) is 0 Å². The molecule has 0 saturated carbocycles. The maximum absolute atomic E-state index is 12.8. The van der Waals surface area contributed by atoms with Crippen molar-refractivity contribution in [3.05, 3.63) is 36.4 Å². The quantitative estimate of drug-likeness (QED) is 0.829. The average Bonchev–Trinajstić information content (AvgIpc) is 2.50. The molecule has 2 aromatic rings. The second-order valence-corrected chi connectivity index (χ2v) is 7.57. The van der Waals surface area contributed by atoms with Crippen LogP contribution in [0.15, 0.2) is 41.3 Å². The van der Waals surface area contributed by atoms with Crippen molar-refractivity contribution in [1.29, 1.82) is 0 Å². The molecule has 7 heteroatoms. The largest absolute Gasteiger partial charge is 0.480 e. The monoisotopic (exact) mass is 336 g/mol. The number of rotatable bonds is 6. The Labute approximate surface area is 135 Å². The van der Waals surface area contributed by atoms with Gasteiger partial charge in [-0.25, -0.2) is 8.42 Å². The number of anilines is 1. The third kappa shape index (κ3) is 3.16. The molecule has 0 aliphatic heterocycles. The predicted molar refractivity (Wildman–Crippen MR) is 90.6 cm³/mol. The van der Waals surface area contributed by atoms with Crippen molar-refractivity contribution < 1.29 is 18.3 Å². The molecule has 2 rings (SSSR count). The molecule has 0 aliphatic carbocycles. The fourth-order valence-corrected chi connectivity index (χ4v) is 4.39. The molecular formula is C16H20N2O4S. The van der Waals surface area contributed by atoms with Gasteiger partial charge in [-0.2, -0.15) is 0 Å². The van der Waals surface area contributed by atoms with E-state index < -0.39 is 21.1 Å². The summed E-state index contributed by atoms with van der Waals surface area (Å²) in [4.78, 5) is 13.3. The first-order valence-corrected chi connectivity index (χ1v) is 8.71. The van der Waals surface area contributed by atoms with Crippen molar-refractivity contribution in [2.75, 3.05) is 25.5 Å². The maximum atomic E-state index is 12.8. The lowest BCUT2D eigenvalue weighted by atomic mass is 10.1. The Balaban J connectivity index is 2.73. The number of carbonyl (C=O) groups is 1. The van der Waals surface area contributed by atoms with E-state index in [0.29, 0.717) is 5.39 Å². The van der Waals surface area contributed by atoms with Crippen LogP contribution in [-0.4, -0.2) is 45.4 Å². The molecule has 0 amide bonds. The van der Waals surface area contributed by atoms with Crippen LogP contribution in [0.4, 0.5) is 5.69 Å². The standard InChI is InChI=1S/C16H20N2O4S/c1-18(2)13-7-3-6-12-11(13)5-4-8-14(12)23(21,22)15(9-10-17)16(19)20/h3-8,15H,9-10,17H2,1-2H3,(H,19,20). The molecule has 0 saturated heterocycles. The molecule has 0 heterocycles. The smallest absolute Gasteiger partial charge is 0.322 e. The zero-order valence-electron chi connectivity index (χ0n) is 13.1. The minimum atomic E-state index is -4.03. The van der Waals surface area contributed by atoms with Crippen LogP contribution in [0.1, 0.15) is 6.42 Å². The summed E-state index contributed by atoms with van der Waals surface area (Å²) in [5, 5.41) is 9.01. The van der Waals surface area contributed by atoms with Crippen LogP contribution in [0, 0.1) is 0 Å². The lowest BCUT2D eigenvalue weighted by Crippen LogP contribution is -2.32. The summed E-state index contributed by atoms with van der Waals surface area (Å²) in [6.45, 7) is -0.0100. The highest BCUT2D eigenvalue weighted by Gasteiger charge is 2.34. The van der Waals surface area contributed by atoms with Crippen LogP contribution in [0.5, 0.6) is 0 Å². The number of benzene rings is 2. The number of sulfone groups is 1. The van der Waals surface area contributed by atoms with Crippen molar-refractivity contribution in [3.8, 4) is 0 Å². The van der Waals surface area contributed by atoms with Crippen molar-refractivity contribution >= 4 is 32.3 Å². The normalized spacial score (nSPS) is 13.0. The van der Waals surface area contributed by atoms with Crippen molar-refractivity contribution in [2.45, 2.75) is 16.6 Å². The van der Waals surface area contributed by atoms with Crippen LogP contribution < -0.4 is 10.6 Å². The van der Waals surface area contributed by atoms with Gasteiger partial charge in [0.15, 0.2) is 15.1 Å². The number of aliphatic carboxylic acids is 1. The van der Waals surface area contributed by atoms with Crippen LogP contribution in [-0.2, 0) is 14.6 Å². The lowest BCUT2D eigenvalue weighted by Gasteiger charge is -2.18. The van der Waals surface area contributed by atoms with E-state index in [1.807, 2.05) is 31.1 Å². The Kier molecular flexibility index (Phi) is 4.91. The fourth-order valence-electron chi connectivity index (χ4n) is 2.62. The molecule has 0 aliphatic rings. The van der Waals surface area contributed by atoms with Gasteiger partial charge in [-0.1, -0.05) is 24.3 Å². The van der Waals surface area contributed by atoms with Gasteiger partial charge < -0.3 is 15.7 Å². The molecule has 3 N–H and O–H groups in total. The van der Waals surface area contributed by atoms with Gasteiger partial charge in [0.2, 0.25) is 0 Å². The Hall–Kier alpha value is -2.12. The number of nitrogens with zero attached hydrogens (tertiary/aromatic N) is 1. The Morgan fingerprint density at radius 1 is 1.17 bits per heavy atom. The molecule has 0 bridgehead atoms. The molecular weight excluding hydrogens is 316 g/mol. The Morgan fingerprint density at radius 2 is 1.78 bits per heavy atom. The van der Waals surface area contributed by atoms with Crippen molar-refractivity contribution in [1.82, 2.24) is 0 Å². The second-order valence-electron chi connectivity index (χ2n) is 5.47. The van der Waals surface area contributed by atoms with E-state index in [1.54, 1.807) is 18.2 Å². The number of nitrogens with two attached hydrogens (primary N) is 1. The highest BCUT2D eigenvalue weighted by Crippen LogP contribution is 2.32. The van der Waals surface area contributed by atoms with Gasteiger partial charge in [-0.3, -0.25) is 4.79 Å². The molecule has 23 heavy (non-hydrogen) atoms. The average molecular weight is 336 g/mol. The first kappa shape index (κ1) is 17.2. The number of hydrogen-bond acceptors (Lipinski definition) is 5. The minimum absolute atomic E-state index is 0.0100. The zero-order valence-corrected chi connectivity index (χ0v) is 13.9.